The van der Waals surface area contributed by atoms with Gasteiger partial charge in [-0.05, 0) is 91.4 Å². The average Bonchev–Trinajstić information content (AvgIpc) is 3.76. The molecule has 18 heteroatoms. The van der Waals surface area contributed by atoms with Gasteiger partial charge in [0.25, 0.3) is 5.91 Å². The van der Waals surface area contributed by atoms with E-state index in [0.29, 0.717) is 41.7 Å². The Labute approximate surface area is 358 Å². The maximum atomic E-state index is 14.6. The van der Waals surface area contributed by atoms with Crippen LogP contribution in [0.2, 0.25) is 0 Å². The average molecular weight is 881 g/mol. The van der Waals surface area contributed by atoms with Gasteiger partial charge in [-0.15, -0.1) is 0 Å². The fourth-order valence-corrected chi connectivity index (χ4v) is 9.17. The lowest BCUT2D eigenvalue weighted by atomic mass is 9.96. The number of nitrogens with two attached hydrogens (primary N) is 1. The molecule has 5 atom stereocenters. The van der Waals surface area contributed by atoms with Gasteiger partial charge in [-0.25, -0.2) is 26.8 Å². The SMILES string of the molecule is COc1ccc(S(=O)(=O)N(CC(C)C)C[C@@H](O)[C@H](Cc2ccc(OCc3ccc(-c4ccc(F)cc4F)cc3C(=O)NC(N)=O)cc2)NC(=O)O[C@H]2CO[C@@]3(C)OCC[C@@H]23)cc1. The molecule has 0 bridgehead atoms. The van der Waals surface area contributed by atoms with Crippen LogP contribution in [-0.2, 0) is 37.3 Å². The van der Waals surface area contributed by atoms with E-state index in [1.54, 1.807) is 31.2 Å². The van der Waals surface area contributed by atoms with Crippen LogP contribution in [0.25, 0.3) is 11.1 Å². The number of urea groups is 1. The number of carbonyl (C=O) groups excluding carboxylic acids is 3. The van der Waals surface area contributed by atoms with Crippen LogP contribution in [0.3, 0.4) is 0 Å². The third-order valence-electron chi connectivity index (χ3n) is 10.8. The van der Waals surface area contributed by atoms with Crippen molar-refractivity contribution < 1.29 is 60.4 Å². The Morgan fingerprint density at radius 1 is 0.968 bits per heavy atom. The first-order chi connectivity index (χ1) is 29.4. The predicted molar refractivity (Wildman–Crippen MR) is 222 cm³/mol. The molecule has 0 aliphatic carbocycles. The molecular weight excluding hydrogens is 831 g/mol. The van der Waals surface area contributed by atoms with Crippen molar-refractivity contribution in [1.29, 1.82) is 0 Å². The maximum absolute atomic E-state index is 14.6. The Bertz CT molecular complexity index is 2350. The number of imide groups is 1. The molecule has 5 N–H and O–H groups in total. The number of benzene rings is 4. The molecule has 0 radical (unpaired) electrons. The lowest BCUT2D eigenvalue weighted by molar-refractivity contribution is -0.181. The number of sulfonamides is 1. The van der Waals surface area contributed by atoms with Crippen LogP contribution >= 0.6 is 0 Å². The lowest BCUT2D eigenvalue weighted by Gasteiger charge is -2.31. The van der Waals surface area contributed by atoms with Crippen LogP contribution in [-0.4, -0.2) is 93.3 Å². The molecule has 2 saturated heterocycles. The molecule has 2 aliphatic rings. The zero-order valence-electron chi connectivity index (χ0n) is 34.6. The summed E-state index contributed by atoms with van der Waals surface area (Å²) in [6.45, 7) is 5.62. The van der Waals surface area contributed by atoms with Gasteiger partial charge in [-0.3, -0.25) is 10.1 Å². The number of hydrogen-bond donors (Lipinski definition) is 4. The number of primary amides is 1. The second kappa shape index (κ2) is 19.6. The van der Waals surface area contributed by atoms with Crippen LogP contribution in [0.15, 0.2) is 89.8 Å². The second-order valence-electron chi connectivity index (χ2n) is 15.7. The summed E-state index contributed by atoms with van der Waals surface area (Å²) < 4.78 is 85.8. The van der Waals surface area contributed by atoms with E-state index in [2.05, 4.69) is 5.32 Å². The van der Waals surface area contributed by atoms with Crippen LogP contribution in [0.4, 0.5) is 18.4 Å². The van der Waals surface area contributed by atoms with Crippen molar-refractivity contribution >= 4 is 28.1 Å². The van der Waals surface area contributed by atoms with Crippen LogP contribution in [0.1, 0.15) is 48.7 Å². The van der Waals surface area contributed by atoms with Crippen molar-refractivity contribution in [2.45, 2.75) is 69.2 Å². The molecule has 6 rings (SSSR count). The molecule has 2 heterocycles. The number of nitrogens with zero attached hydrogens (tertiary/aromatic N) is 1. The number of nitrogens with one attached hydrogen (secondary N) is 2. The summed E-state index contributed by atoms with van der Waals surface area (Å²) >= 11 is 0. The summed E-state index contributed by atoms with van der Waals surface area (Å²) in [6.07, 6.45) is -2.17. The third kappa shape index (κ3) is 11.0. The van der Waals surface area contributed by atoms with E-state index in [4.69, 9.17) is 29.4 Å². The first-order valence-electron chi connectivity index (χ1n) is 19.9. The highest BCUT2D eigenvalue weighted by Gasteiger charge is 2.53. The van der Waals surface area contributed by atoms with Crippen LogP contribution in [0.5, 0.6) is 11.5 Å². The van der Waals surface area contributed by atoms with Crippen molar-refractivity contribution in [3.63, 3.8) is 0 Å². The van der Waals surface area contributed by atoms with Crippen molar-refractivity contribution in [3.05, 3.63) is 113 Å². The summed E-state index contributed by atoms with van der Waals surface area (Å²) in [5, 5.41) is 16.6. The number of hydrogen-bond acceptors (Lipinski definition) is 11. The largest absolute Gasteiger partial charge is 0.497 e. The molecule has 2 fully saturated rings. The summed E-state index contributed by atoms with van der Waals surface area (Å²) in [4.78, 5) is 38.0. The van der Waals surface area contributed by atoms with E-state index in [0.717, 1.165) is 6.07 Å². The number of aliphatic hydroxyl groups is 1. The second-order valence-corrected chi connectivity index (χ2v) is 17.6. The number of amides is 4. The van der Waals surface area contributed by atoms with E-state index in [1.807, 2.05) is 19.2 Å². The fraction of sp³-hybridized carbons (Fsp3) is 0.386. The summed E-state index contributed by atoms with van der Waals surface area (Å²) in [5.41, 5.74) is 6.37. The quantitative estimate of drug-likeness (QED) is 0.104. The number of carbonyl (C=O) groups is 3. The molecule has 0 spiro atoms. The zero-order valence-corrected chi connectivity index (χ0v) is 35.5. The molecule has 15 nitrogen and oxygen atoms in total. The van der Waals surface area contributed by atoms with E-state index in [9.17, 15) is 36.7 Å². The number of methoxy groups -OCH3 is 1. The van der Waals surface area contributed by atoms with Crippen molar-refractivity contribution in [2.75, 3.05) is 33.4 Å². The molecule has 4 aromatic rings. The Hall–Kier alpha value is -5.66. The van der Waals surface area contributed by atoms with Gasteiger partial charge in [0, 0.05) is 35.8 Å². The van der Waals surface area contributed by atoms with Gasteiger partial charge in [-0.2, -0.15) is 4.31 Å². The number of ether oxygens (including phenoxy) is 5. The highest BCUT2D eigenvalue weighted by atomic mass is 32.2. The molecule has 332 valence electrons. The summed E-state index contributed by atoms with van der Waals surface area (Å²) in [6, 6.07) is 17.8. The standard InChI is InChI=1S/C44H50F2N4O11S/c1-26(2)22-50(62(55,56)33-14-12-31(57-4)13-15-33)23-39(51)38(48-43(54)61-40-25-60-44(3)36(40)17-18-59-44)19-27-5-10-32(11-6-27)58-24-29-8-7-28(20-35(29)41(52)49-42(47)53)34-16-9-30(45)21-37(34)46/h5-16,20-21,26,36,38-40,51H,17-19,22-25H2,1-4H3,(H,48,54)(H3,47,49,52,53)/t36-,38-,39+,40-,44+/m0/s1. The molecule has 62 heavy (non-hydrogen) atoms. The van der Waals surface area contributed by atoms with Crippen molar-refractivity contribution in [2.24, 2.45) is 17.6 Å². The van der Waals surface area contributed by atoms with Gasteiger partial charge >= 0.3 is 12.1 Å². The predicted octanol–water partition coefficient (Wildman–Crippen LogP) is 5.52. The molecule has 2 aliphatic heterocycles. The smallest absolute Gasteiger partial charge is 0.407 e. The number of fused-ring (bicyclic) bond motifs is 1. The summed E-state index contributed by atoms with van der Waals surface area (Å²) in [7, 11) is -2.64. The Balaban J connectivity index is 1.20. The highest BCUT2D eigenvalue weighted by Crippen LogP contribution is 2.42. The first kappa shape index (κ1) is 45.9. The number of aliphatic hydroxyl groups excluding tert-OH is 1. The lowest BCUT2D eigenvalue weighted by Crippen LogP contribution is -2.51. The van der Waals surface area contributed by atoms with Crippen molar-refractivity contribution in [1.82, 2.24) is 14.9 Å². The van der Waals surface area contributed by atoms with Gasteiger partial charge in [0.15, 0.2) is 5.79 Å². The van der Waals surface area contributed by atoms with E-state index in [-0.39, 0.29) is 66.1 Å². The minimum absolute atomic E-state index is 0.00654. The van der Waals surface area contributed by atoms with E-state index < -0.39 is 63.7 Å². The van der Waals surface area contributed by atoms with Crippen LogP contribution in [0, 0.1) is 23.5 Å². The maximum Gasteiger partial charge on any atom is 0.407 e. The molecule has 0 saturated carbocycles. The minimum Gasteiger partial charge on any atom is -0.497 e. The van der Waals surface area contributed by atoms with Gasteiger partial charge < -0.3 is 39.8 Å². The molecule has 0 unspecified atom stereocenters. The van der Waals surface area contributed by atoms with Crippen LogP contribution < -0.4 is 25.8 Å². The van der Waals surface area contributed by atoms with E-state index >= 15 is 0 Å². The Kier molecular flexibility index (Phi) is 14.5. The topological polar surface area (TPSA) is 205 Å². The van der Waals surface area contributed by atoms with E-state index in [1.165, 1.54) is 59.9 Å². The number of halogens is 2. The first-order valence-corrected chi connectivity index (χ1v) is 21.4. The normalized spacial score (nSPS) is 19.4. The highest BCUT2D eigenvalue weighted by molar-refractivity contribution is 7.89. The number of alkyl carbamates (subject to hydrolysis) is 1. The molecule has 4 aromatic carbocycles. The van der Waals surface area contributed by atoms with Gasteiger partial charge in [0.05, 0.1) is 43.3 Å². The Morgan fingerprint density at radius 2 is 1.68 bits per heavy atom. The Morgan fingerprint density at radius 3 is 2.34 bits per heavy atom. The van der Waals surface area contributed by atoms with Crippen molar-refractivity contribution in [3.8, 4) is 22.6 Å². The zero-order chi connectivity index (χ0) is 44.8. The molecule has 0 aromatic heterocycles. The minimum atomic E-state index is -4.11. The number of rotatable bonds is 17. The molecular formula is C44H50F2N4O11S. The van der Waals surface area contributed by atoms with Gasteiger partial charge in [0.2, 0.25) is 10.0 Å². The summed E-state index contributed by atoms with van der Waals surface area (Å²) in [5.74, 6) is -2.83. The van der Waals surface area contributed by atoms with Gasteiger partial charge in [0.1, 0.15) is 35.8 Å². The van der Waals surface area contributed by atoms with Gasteiger partial charge in [-0.1, -0.05) is 38.1 Å². The fourth-order valence-electron chi connectivity index (χ4n) is 7.55. The monoisotopic (exact) mass is 880 g/mol. The molecule has 4 amide bonds. The third-order valence-corrected chi connectivity index (χ3v) is 12.6.